The molecule has 0 heterocycles. The number of hydrogen-bond acceptors (Lipinski definition) is 4. The lowest BCUT2D eigenvalue weighted by molar-refractivity contribution is 0.0947. The Bertz CT molecular complexity index is 989. The molecule has 0 unspecified atom stereocenters. The summed E-state index contributed by atoms with van der Waals surface area (Å²) in [4.78, 5) is 23.7. The summed E-state index contributed by atoms with van der Waals surface area (Å²) in [5, 5.41) is 7.72. The molecule has 3 rings (SSSR count). The van der Waals surface area contributed by atoms with E-state index in [0.717, 1.165) is 11.1 Å². The molecule has 3 aromatic rings. The lowest BCUT2D eigenvalue weighted by atomic mass is 10.2. The van der Waals surface area contributed by atoms with Gasteiger partial charge in [0.05, 0.1) is 12.4 Å². The first-order chi connectivity index (χ1) is 14.5. The number of carbonyl (C=O) groups excluding carboxylic acids is 2. The molecule has 30 heavy (non-hydrogen) atoms. The van der Waals surface area contributed by atoms with Gasteiger partial charge in [0.2, 0.25) is 0 Å². The molecule has 6 nitrogen and oxygen atoms in total. The molecule has 0 aliphatic heterocycles. The number of hydrogen-bond donors (Lipinski definition) is 2. The Hall–Kier alpha value is -4.20. The number of nitrogens with zero attached hydrogens (tertiary/aromatic N) is 2. The van der Waals surface area contributed by atoms with Gasteiger partial charge < -0.3 is 0 Å². The number of hydrazone groups is 2. The minimum Gasteiger partial charge on any atom is -0.267 e. The molecule has 0 fully saturated rings. The fourth-order valence-electron chi connectivity index (χ4n) is 2.33. The van der Waals surface area contributed by atoms with Crippen molar-refractivity contribution < 1.29 is 18.4 Å². The Balaban J connectivity index is 1.50. The summed E-state index contributed by atoms with van der Waals surface area (Å²) in [5.74, 6) is -1.75. The molecule has 2 amide bonds. The van der Waals surface area contributed by atoms with E-state index in [4.69, 9.17) is 0 Å². The second kappa shape index (κ2) is 9.83. The average Bonchev–Trinajstić information content (AvgIpc) is 2.75. The summed E-state index contributed by atoms with van der Waals surface area (Å²) in [6.07, 6.45) is 2.91. The molecule has 0 saturated heterocycles. The van der Waals surface area contributed by atoms with Gasteiger partial charge in [-0.3, -0.25) is 9.59 Å². The molecule has 3 aromatic carbocycles. The third kappa shape index (κ3) is 5.90. The summed E-state index contributed by atoms with van der Waals surface area (Å²) in [7, 11) is 0. The maximum absolute atomic E-state index is 12.9. The molecule has 0 aromatic heterocycles. The van der Waals surface area contributed by atoms with Crippen molar-refractivity contribution in [3.05, 3.63) is 107 Å². The van der Waals surface area contributed by atoms with Crippen molar-refractivity contribution in [1.82, 2.24) is 10.9 Å². The van der Waals surface area contributed by atoms with Crippen LogP contribution in [0.1, 0.15) is 31.8 Å². The van der Waals surface area contributed by atoms with Gasteiger partial charge in [-0.2, -0.15) is 10.2 Å². The van der Waals surface area contributed by atoms with Crippen LogP contribution in [0, 0.1) is 11.6 Å². The van der Waals surface area contributed by atoms with Crippen LogP contribution in [0.3, 0.4) is 0 Å². The molecule has 0 aliphatic rings. The molecule has 0 bridgehead atoms. The van der Waals surface area contributed by atoms with E-state index in [-0.39, 0.29) is 0 Å². The molecule has 0 spiro atoms. The number of amides is 2. The largest absolute Gasteiger partial charge is 0.271 e. The number of halogens is 2. The van der Waals surface area contributed by atoms with Crippen LogP contribution in [0.25, 0.3) is 0 Å². The number of nitrogens with one attached hydrogen (secondary N) is 2. The van der Waals surface area contributed by atoms with Crippen molar-refractivity contribution in [3.8, 4) is 0 Å². The molecule has 0 radical (unpaired) electrons. The average molecular weight is 406 g/mol. The summed E-state index contributed by atoms with van der Waals surface area (Å²) >= 11 is 0. The van der Waals surface area contributed by atoms with Crippen LogP contribution in [0.2, 0.25) is 0 Å². The number of rotatable bonds is 6. The zero-order valence-electron chi connectivity index (χ0n) is 15.5. The first-order valence-electron chi connectivity index (χ1n) is 8.79. The van der Waals surface area contributed by atoms with E-state index in [2.05, 4.69) is 21.1 Å². The number of carbonyl (C=O) groups is 2. The molecule has 150 valence electrons. The van der Waals surface area contributed by atoms with Crippen LogP contribution in [-0.4, -0.2) is 24.2 Å². The lowest BCUT2D eigenvalue weighted by Crippen LogP contribution is -2.17. The van der Waals surface area contributed by atoms with Gasteiger partial charge in [0, 0.05) is 11.1 Å². The Morgan fingerprint density at radius 1 is 0.600 bits per heavy atom. The molecular weight excluding hydrogens is 390 g/mol. The highest BCUT2D eigenvalue weighted by molar-refractivity contribution is 5.95. The zero-order valence-corrected chi connectivity index (χ0v) is 15.5. The van der Waals surface area contributed by atoms with Gasteiger partial charge in [-0.1, -0.05) is 24.3 Å². The smallest absolute Gasteiger partial charge is 0.267 e. The quantitative estimate of drug-likeness (QED) is 0.485. The van der Waals surface area contributed by atoms with E-state index in [1.807, 2.05) is 0 Å². The van der Waals surface area contributed by atoms with Gasteiger partial charge in [0.1, 0.15) is 11.6 Å². The minimum atomic E-state index is -0.452. The van der Waals surface area contributed by atoms with Crippen molar-refractivity contribution in [2.45, 2.75) is 0 Å². The normalized spacial score (nSPS) is 11.0. The Labute approximate surface area is 170 Å². The van der Waals surface area contributed by atoms with E-state index in [1.54, 1.807) is 24.3 Å². The molecule has 2 N–H and O–H groups in total. The molecule has 0 saturated carbocycles. The Kier molecular flexibility index (Phi) is 6.73. The monoisotopic (exact) mass is 406 g/mol. The summed E-state index contributed by atoms with van der Waals surface area (Å²) in [6, 6.07) is 17.2. The van der Waals surface area contributed by atoms with Crippen molar-refractivity contribution in [2.24, 2.45) is 10.2 Å². The van der Waals surface area contributed by atoms with E-state index in [0.29, 0.717) is 11.1 Å². The van der Waals surface area contributed by atoms with Gasteiger partial charge in [0.25, 0.3) is 11.8 Å². The van der Waals surface area contributed by atoms with E-state index < -0.39 is 23.4 Å². The SMILES string of the molecule is O=C(NN=Cc1ccc(C=NNC(=O)c2ccc(F)cc2)cc1)c1ccc(F)cc1. The van der Waals surface area contributed by atoms with E-state index >= 15 is 0 Å². The van der Waals surface area contributed by atoms with Crippen LogP contribution < -0.4 is 10.9 Å². The molecule has 0 aliphatic carbocycles. The van der Waals surface area contributed by atoms with Crippen molar-refractivity contribution >= 4 is 24.2 Å². The van der Waals surface area contributed by atoms with E-state index in [9.17, 15) is 18.4 Å². The first kappa shape index (κ1) is 20.5. The summed E-state index contributed by atoms with van der Waals surface area (Å²) < 4.78 is 25.7. The predicted molar refractivity (Wildman–Crippen MR) is 109 cm³/mol. The highest BCUT2D eigenvalue weighted by Crippen LogP contribution is 2.04. The van der Waals surface area contributed by atoms with Crippen molar-refractivity contribution in [1.29, 1.82) is 0 Å². The predicted octanol–water partition coefficient (Wildman–Crippen LogP) is 3.49. The van der Waals surface area contributed by atoms with Gasteiger partial charge >= 0.3 is 0 Å². The maximum Gasteiger partial charge on any atom is 0.271 e. The maximum atomic E-state index is 12.9. The topological polar surface area (TPSA) is 82.9 Å². The molecule has 8 heteroatoms. The highest BCUT2D eigenvalue weighted by atomic mass is 19.1. The van der Waals surface area contributed by atoms with Crippen molar-refractivity contribution in [2.75, 3.05) is 0 Å². The standard InChI is InChI=1S/C22H16F2N4O2/c23-19-9-5-17(6-10-19)21(29)27-25-13-15-1-2-16(4-3-15)14-26-28-22(30)18-7-11-20(24)12-8-18/h1-14H,(H,27,29)(H,28,30). The fraction of sp³-hybridized carbons (Fsp3) is 0. The third-order valence-corrected chi connectivity index (χ3v) is 3.91. The van der Waals surface area contributed by atoms with E-state index in [1.165, 1.54) is 61.0 Å². The third-order valence-electron chi connectivity index (χ3n) is 3.91. The molecule has 0 atom stereocenters. The Morgan fingerprint density at radius 2 is 0.933 bits per heavy atom. The highest BCUT2D eigenvalue weighted by Gasteiger charge is 2.04. The summed E-state index contributed by atoms with van der Waals surface area (Å²) in [6.45, 7) is 0. The fourth-order valence-corrected chi connectivity index (χ4v) is 2.33. The van der Waals surface area contributed by atoms with Gasteiger partial charge in [0.15, 0.2) is 0 Å². The van der Waals surface area contributed by atoms with Crippen molar-refractivity contribution in [3.63, 3.8) is 0 Å². The number of benzene rings is 3. The van der Waals surface area contributed by atoms with Gasteiger partial charge in [-0.05, 0) is 59.7 Å². The minimum absolute atomic E-state index is 0.294. The second-order valence-electron chi connectivity index (χ2n) is 6.08. The Morgan fingerprint density at radius 3 is 1.27 bits per heavy atom. The van der Waals surface area contributed by atoms with Gasteiger partial charge in [-0.25, -0.2) is 19.6 Å². The zero-order chi connectivity index (χ0) is 21.3. The van der Waals surface area contributed by atoms with Crippen LogP contribution in [-0.2, 0) is 0 Å². The lowest BCUT2D eigenvalue weighted by Gasteiger charge is -2.00. The van der Waals surface area contributed by atoms with Crippen LogP contribution in [0.4, 0.5) is 8.78 Å². The van der Waals surface area contributed by atoms with Crippen LogP contribution in [0.15, 0.2) is 83.0 Å². The van der Waals surface area contributed by atoms with Crippen LogP contribution >= 0.6 is 0 Å². The molecular formula is C22H16F2N4O2. The van der Waals surface area contributed by atoms with Crippen LogP contribution in [0.5, 0.6) is 0 Å². The summed E-state index contributed by atoms with van der Waals surface area (Å²) in [5.41, 5.74) is 6.75. The second-order valence-corrected chi connectivity index (χ2v) is 6.08. The first-order valence-corrected chi connectivity index (χ1v) is 8.79. The van der Waals surface area contributed by atoms with Gasteiger partial charge in [-0.15, -0.1) is 0 Å².